The second kappa shape index (κ2) is 6.11. The van der Waals surface area contributed by atoms with Gasteiger partial charge < -0.3 is 5.73 Å². The summed E-state index contributed by atoms with van der Waals surface area (Å²) in [6, 6.07) is 9.52. The predicted octanol–water partition coefficient (Wildman–Crippen LogP) is 2.12. The first-order valence-corrected chi connectivity index (χ1v) is 7.61. The van der Waals surface area contributed by atoms with Crippen molar-refractivity contribution in [2.24, 2.45) is 5.73 Å². The van der Waals surface area contributed by atoms with Crippen LogP contribution in [0.1, 0.15) is 35.7 Å². The Morgan fingerprint density at radius 2 is 2.10 bits per heavy atom. The topological polar surface area (TPSA) is 82.5 Å². The van der Waals surface area contributed by atoms with Gasteiger partial charge in [-0.05, 0) is 30.1 Å². The zero-order chi connectivity index (χ0) is 14.7. The Bertz CT molecular complexity index is 705. The largest absolute Gasteiger partial charge is 0.318 e. The normalized spacial score (nSPS) is 12.5. The summed E-state index contributed by atoms with van der Waals surface area (Å²) in [4.78, 5) is 0.983. The van der Waals surface area contributed by atoms with Gasteiger partial charge in [-0.1, -0.05) is 41.2 Å². The van der Waals surface area contributed by atoms with Gasteiger partial charge in [0.05, 0.1) is 34.2 Å². The summed E-state index contributed by atoms with van der Waals surface area (Å²) in [5.41, 5.74) is 9.15. The Morgan fingerprint density at radius 1 is 1.29 bits per heavy atom. The second-order valence-corrected chi connectivity index (χ2v) is 5.50. The van der Waals surface area contributed by atoms with Crippen molar-refractivity contribution in [3.63, 3.8) is 0 Å². The fourth-order valence-electron chi connectivity index (χ4n) is 2.22. The SMILES string of the molecule is CCCc1nnsc1C(N)c1cnnn1-c1ccccc1. The van der Waals surface area contributed by atoms with Crippen molar-refractivity contribution in [3.8, 4) is 5.69 Å². The lowest BCUT2D eigenvalue weighted by Gasteiger charge is -2.12. The van der Waals surface area contributed by atoms with Crippen molar-refractivity contribution in [1.82, 2.24) is 24.6 Å². The van der Waals surface area contributed by atoms with Crippen LogP contribution in [0.5, 0.6) is 0 Å². The van der Waals surface area contributed by atoms with Crippen molar-refractivity contribution in [2.45, 2.75) is 25.8 Å². The highest BCUT2D eigenvalue weighted by Gasteiger charge is 2.21. The van der Waals surface area contributed by atoms with Crippen LogP contribution in [0.2, 0.25) is 0 Å². The summed E-state index contributed by atoms with van der Waals surface area (Å²) in [6.45, 7) is 2.12. The van der Waals surface area contributed by atoms with E-state index in [2.05, 4.69) is 26.8 Å². The van der Waals surface area contributed by atoms with Gasteiger partial charge in [-0.25, -0.2) is 4.68 Å². The lowest BCUT2D eigenvalue weighted by molar-refractivity contribution is 0.716. The molecule has 3 rings (SSSR count). The molecule has 0 saturated carbocycles. The smallest absolute Gasteiger partial charge is 0.0873 e. The van der Waals surface area contributed by atoms with Gasteiger partial charge in [-0.2, -0.15) is 0 Å². The number of nitrogens with two attached hydrogens (primary N) is 1. The van der Waals surface area contributed by atoms with Crippen LogP contribution in [0.3, 0.4) is 0 Å². The van der Waals surface area contributed by atoms with Gasteiger partial charge in [-0.3, -0.25) is 0 Å². The third kappa shape index (κ3) is 2.70. The Hall–Kier alpha value is -2.12. The maximum Gasteiger partial charge on any atom is 0.0873 e. The number of nitrogens with zero attached hydrogens (tertiary/aromatic N) is 5. The second-order valence-electron chi connectivity index (χ2n) is 4.72. The molecule has 108 valence electrons. The van der Waals surface area contributed by atoms with E-state index < -0.39 is 0 Å². The van der Waals surface area contributed by atoms with Crippen LogP contribution in [-0.2, 0) is 6.42 Å². The molecule has 0 aliphatic carbocycles. The molecular weight excluding hydrogens is 284 g/mol. The van der Waals surface area contributed by atoms with Crippen molar-refractivity contribution < 1.29 is 0 Å². The maximum atomic E-state index is 6.40. The van der Waals surface area contributed by atoms with Crippen molar-refractivity contribution in [3.05, 3.63) is 52.8 Å². The number of hydrogen-bond acceptors (Lipinski definition) is 6. The number of hydrogen-bond donors (Lipinski definition) is 1. The minimum atomic E-state index is -0.318. The molecule has 0 fully saturated rings. The molecule has 3 aromatic rings. The van der Waals surface area contributed by atoms with Crippen LogP contribution in [0.25, 0.3) is 5.69 Å². The van der Waals surface area contributed by atoms with Gasteiger partial charge in [0, 0.05) is 0 Å². The lowest BCUT2D eigenvalue weighted by atomic mass is 10.1. The standard InChI is InChI=1S/C14H16N6S/c1-2-6-11-14(21-19-17-11)13(15)12-9-16-18-20(12)10-7-4-3-5-8-10/h3-5,7-9,13H,2,6,15H2,1H3. The van der Waals surface area contributed by atoms with Gasteiger partial charge in [-0.15, -0.1) is 10.2 Å². The molecule has 6 nitrogen and oxygen atoms in total. The minimum absolute atomic E-state index is 0.318. The van der Waals surface area contributed by atoms with Gasteiger partial charge in [0.15, 0.2) is 0 Å². The van der Waals surface area contributed by atoms with Gasteiger partial charge in [0.2, 0.25) is 0 Å². The highest BCUT2D eigenvalue weighted by molar-refractivity contribution is 7.05. The molecule has 0 spiro atoms. The molecule has 21 heavy (non-hydrogen) atoms. The molecule has 0 aliphatic rings. The van der Waals surface area contributed by atoms with Crippen LogP contribution >= 0.6 is 11.5 Å². The molecule has 0 amide bonds. The number of benzene rings is 1. The molecule has 1 aromatic carbocycles. The van der Waals surface area contributed by atoms with Crippen molar-refractivity contribution >= 4 is 11.5 Å². The predicted molar refractivity (Wildman–Crippen MR) is 81.3 cm³/mol. The molecule has 2 aromatic heterocycles. The number of aromatic nitrogens is 5. The Morgan fingerprint density at radius 3 is 2.86 bits per heavy atom. The van der Waals surface area contributed by atoms with Crippen LogP contribution in [-0.4, -0.2) is 24.6 Å². The van der Waals surface area contributed by atoms with E-state index >= 15 is 0 Å². The summed E-state index contributed by atoms with van der Waals surface area (Å²) in [6.07, 6.45) is 3.60. The van der Waals surface area contributed by atoms with Gasteiger partial charge in [0.1, 0.15) is 0 Å². The van der Waals surface area contributed by atoms with E-state index in [0.29, 0.717) is 0 Å². The quantitative estimate of drug-likeness (QED) is 0.780. The van der Waals surface area contributed by atoms with E-state index in [-0.39, 0.29) is 6.04 Å². The van der Waals surface area contributed by atoms with Crippen molar-refractivity contribution in [2.75, 3.05) is 0 Å². The van der Waals surface area contributed by atoms with Gasteiger partial charge in [0.25, 0.3) is 0 Å². The molecule has 7 heteroatoms. The lowest BCUT2D eigenvalue weighted by Crippen LogP contribution is -2.17. The maximum absolute atomic E-state index is 6.40. The number of para-hydroxylation sites is 1. The molecule has 2 heterocycles. The molecule has 0 aliphatic heterocycles. The first-order valence-electron chi connectivity index (χ1n) is 6.84. The fourth-order valence-corrected chi connectivity index (χ4v) is 2.93. The minimum Gasteiger partial charge on any atom is -0.318 e. The van der Waals surface area contributed by atoms with Crippen LogP contribution in [0.15, 0.2) is 36.5 Å². The molecule has 0 saturated heterocycles. The first kappa shape index (κ1) is 13.8. The van der Waals surface area contributed by atoms with E-state index in [1.54, 1.807) is 10.9 Å². The Labute approximate surface area is 126 Å². The average Bonchev–Trinajstić information content (AvgIpc) is 3.17. The highest BCUT2D eigenvalue weighted by Crippen LogP contribution is 2.26. The summed E-state index contributed by atoms with van der Waals surface area (Å²) >= 11 is 1.34. The van der Waals surface area contributed by atoms with Crippen molar-refractivity contribution in [1.29, 1.82) is 0 Å². The molecule has 1 atom stereocenters. The summed E-state index contributed by atoms with van der Waals surface area (Å²) in [5, 5.41) is 12.3. The Balaban J connectivity index is 1.98. The monoisotopic (exact) mass is 300 g/mol. The molecular formula is C14H16N6S. The molecule has 0 bridgehead atoms. The third-order valence-corrected chi connectivity index (χ3v) is 4.10. The molecule has 2 N–H and O–H groups in total. The Kier molecular flexibility index (Phi) is 4.03. The van der Waals surface area contributed by atoms with E-state index in [1.165, 1.54) is 11.5 Å². The van der Waals surface area contributed by atoms with E-state index in [0.717, 1.165) is 34.8 Å². The van der Waals surface area contributed by atoms with Crippen LogP contribution in [0.4, 0.5) is 0 Å². The van der Waals surface area contributed by atoms with Crippen LogP contribution in [0, 0.1) is 0 Å². The zero-order valence-electron chi connectivity index (χ0n) is 11.7. The highest BCUT2D eigenvalue weighted by atomic mass is 32.1. The van der Waals surface area contributed by atoms with Gasteiger partial charge >= 0.3 is 0 Å². The average molecular weight is 300 g/mol. The number of aryl methyl sites for hydroxylation is 1. The van der Waals surface area contributed by atoms with E-state index in [9.17, 15) is 0 Å². The van der Waals surface area contributed by atoms with Crippen LogP contribution < -0.4 is 5.73 Å². The fraction of sp³-hybridized carbons (Fsp3) is 0.286. The molecule has 0 radical (unpaired) electrons. The number of rotatable bonds is 5. The van der Waals surface area contributed by atoms with E-state index in [1.807, 2.05) is 30.3 Å². The zero-order valence-corrected chi connectivity index (χ0v) is 12.5. The summed E-state index contributed by atoms with van der Waals surface area (Å²) in [7, 11) is 0. The summed E-state index contributed by atoms with van der Waals surface area (Å²) in [5.74, 6) is 0. The molecule has 1 unspecified atom stereocenters. The van der Waals surface area contributed by atoms with E-state index in [4.69, 9.17) is 5.73 Å². The first-order chi connectivity index (χ1) is 10.3. The summed E-state index contributed by atoms with van der Waals surface area (Å²) < 4.78 is 5.80. The third-order valence-electron chi connectivity index (χ3n) is 3.25.